The first kappa shape index (κ1) is 19.9. The molecule has 0 radical (unpaired) electrons. The minimum atomic E-state index is -0.384. The van der Waals surface area contributed by atoms with E-state index in [4.69, 9.17) is 8.83 Å². The van der Waals surface area contributed by atoms with Crippen molar-refractivity contribution in [3.05, 3.63) is 84.0 Å². The van der Waals surface area contributed by atoms with E-state index in [-0.39, 0.29) is 23.5 Å². The summed E-state index contributed by atoms with van der Waals surface area (Å²) < 4.78 is 24.0. The number of likely N-dealkylation sites (tertiary alicyclic amines) is 1. The molecule has 6 nitrogen and oxygen atoms in total. The third-order valence-corrected chi connectivity index (χ3v) is 5.31. The molecule has 1 atom stereocenters. The molecule has 1 unspecified atom stereocenters. The summed E-state index contributed by atoms with van der Waals surface area (Å²) in [5.41, 5.74) is 0.424. The molecular formula is C23H23FN2O4. The highest BCUT2D eigenvalue weighted by Gasteiger charge is 2.32. The first-order chi connectivity index (χ1) is 14.6. The van der Waals surface area contributed by atoms with Crippen molar-refractivity contribution in [3.63, 3.8) is 0 Å². The zero-order valence-corrected chi connectivity index (χ0v) is 16.5. The van der Waals surface area contributed by atoms with Crippen LogP contribution in [0.15, 0.2) is 69.9 Å². The fraction of sp³-hybridized carbons (Fsp3) is 0.304. The molecule has 0 aliphatic carbocycles. The van der Waals surface area contributed by atoms with Gasteiger partial charge in [0.15, 0.2) is 0 Å². The largest absolute Gasteiger partial charge is 0.467 e. The highest BCUT2D eigenvalue weighted by molar-refractivity contribution is 5.94. The Kier molecular flexibility index (Phi) is 5.97. The molecule has 4 rings (SSSR count). The lowest BCUT2D eigenvalue weighted by molar-refractivity contribution is -0.138. The van der Waals surface area contributed by atoms with Crippen LogP contribution in [0.4, 0.5) is 4.39 Å². The summed E-state index contributed by atoms with van der Waals surface area (Å²) in [6, 6.07) is 12.7. The van der Waals surface area contributed by atoms with Crippen molar-refractivity contribution >= 4 is 11.8 Å². The lowest BCUT2D eigenvalue weighted by Crippen LogP contribution is -2.46. The predicted molar refractivity (Wildman–Crippen MR) is 107 cm³/mol. The fourth-order valence-corrected chi connectivity index (χ4v) is 3.79. The standard InChI is InChI=1S/C23H23FN2O4/c24-19-9-7-17(8-10-19)22(27)25-11-1-4-18(14-25)23(28)26(15-20-5-2-12-29-20)16-21-6-3-13-30-21/h2-3,5-10,12-13,18H,1,4,11,14-16H2. The number of rotatable bonds is 6. The van der Waals surface area contributed by atoms with E-state index in [2.05, 4.69) is 0 Å². The number of halogens is 1. The van der Waals surface area contributed by atoms with Crippen molar-refractivity contribution in [1.29, 1.82) is 0 Å². The number of amides is 2. The Morgan fingerprint density at radius 2 is 1.63 bits per heavy atom. The molecule has 0 bridgehead atoms. The van der Waals surface area contributed by atoms with Crippen LogP contribution in [0.2, 0.25) is 0 Å². The summed E-state index contributed by atoms with van der Waals surface area (Å²) in [5, 5.41) is 0. The average Bonchev–Trinajstić information content (AvgIpc) is 3.47. The van der Waals surface area contributed by atoms with Gasteiger partial charge < -0.3 is 18.6 Å². The second-order valence-electron chi connectivity index (χ2n) is 7.45. The number of carbonyl (C=O) groups is 2. The number of piperidine rings is 1. The van der Waals surface area contributed by atoms with Crippen LogP contribution in [0, 0.1) is 11.7 Å². The zero-order valence-electron chi connectivity index (χ0n) is 16.5. The van der Waals surface area contributed by atoms with Gasteiger partial charge in [-0.3, -0.25) is 9.59 Å². The van der Waals surface area contributed by atoms with Crippen LogP contribution in [-0.2, 0) is 17.9 Å². The minimum Gasteiger partial charge on any atom is -0.467 e. The number of hydrogen-bond donors (Lipinski definition) is 0. The Labute approximate surface area is 173 Å². The summed E-state index contributed by atoms with van der Waals surface area (Å²) in [6.07, 6.45) is 4.60. The zero-order chi connectivity index (χ0) is 20.9. The number of hydrogen-bond acceptors (Lipinski definition) is 4. The molecular weight excluding hydrogens is 387 g/mol. The number of carbonyl (C=O) groups excluding carboxylic acids is 2. The van der Waals surface area contributed by atoms with Gasteiger partial charge in [-0.2, -0.15) is 0 Å². The first-order valence-electron chi connectivity index (χ1n) is 9.98. The van der Waals surface area contributed by atoms with E-state index < -0.39 is 0 Å². The number of furan rings is 2. The lowest BCUT2D eigenvalue weighted by Gasteiger charge is -2.34. The van der Waals surface area contributed by atoms with Crippen LogP contribution in [0.3, 0.4) is 0 Å². The van der Waals surface area contributed by atoms with Gasteiger partial charge in [-0.15, -0.1) is 0 Å². The average molecular weight is 410 g/mol. The monoisotopic (exact) mass is 410 g/mol. The van der Waals surface area contributed by atoms with Crippen molar-refractivity contribution in [2.75, 3.05) is 13.1 Å². The molecule has 3 heterocycles. The third kappa shape index (κ3) is 4.62. The van der Waals surface area contributed by atoms with E-state index in [9.17, 15) is 14.0 Å². The number of nitrogens with zero attached hydrogens (tertiary/aromatic N) is 2. The Hall–Kier alpha value is -3.35. The van der Waals surface area contributed by atoms with Crippen molar-refractivity contribution in [1.82, 2.24) is 9.80 Å². The Bertz CT molecular complexity index is 931. The van der Waals surface area contributed by atoms with Crippen molar-refractivity contribution < 1.29 is 22.8 Å². The van der Waals surface area contributed by atoms with Crippen LogP contribution in [0.1, 0.15) is 34.7 Å². The fourth-order valence-electron chi connectivity index (χ4n) is 3.79. The molecule has 0 saturated carbocycles. The van der Waals surface area contributed by atoms with E-state index in [1.165, 1.54) is 24.3 Å². The second-order valence-corrected chi connectivity index (χ2v) is 7.45. The SMILES string of the molecule is O=C(c1ccc(F)cc1)N1CCCC(C(=O)N(Cc2ccco2)Cc2ccco2)C1. The summed E-state index contributed by atoms with van der Waals surface area (Å²) >= 11 is 0. The van der Waals surface area contributed by atoms with Gasteiger partial charge >= 0.3 is 0 Å². The predicted octanol–water partition coefficient (Wildman–Crippen LogP) is 4.09. The Morgan fingerprint density at radius 1 is 1.00 bits per heavy atom. The quantitative estimate of drug-likeness (QED) is 0.614. The second kappa shape index (κ2) is 8.98. The van der Waals surface area contributed by atoms with Gasteiger partial charge in [-0.25, -0.2) is 4.39 Å². The molecule has 1 saturated heterocycles. The topological polar surface area (TPSA) is 66.9 Å². The molecule has 0 N–H and O–H groups in total. The highest BCUT2D eigenvalue weighted by Crippen LogP contribution is 2.23. The van der Waals surface area contributed by atoms with Crippen molar-refractivity contribution in [2.45, 2.75) is 25.9 Å². The van der Waals surface area contributed by atoms with Gasteiger partial charge in [0.2, 0.25) is 5.91 Å². The summed E-state index contributed by atoms with van der Waals surface area (Å²) in [6.45, 7) is 1.57. The van der Waals surface area contributed by atoms with Gasteiger partial charge in [0, 0.05) is 18.7 Å². The van der Waals surface area contributed by atoms with Gasteiger partial charge in [-0.05, 0) is 61.4 Å². The summed E-state index contributed by atoms with van der Waals surface area (Å²) in [5.74, 6) is 0.447. The maximum Gasteiger partial charge on any atom is 0.253 e. The molecule has 1 aromatic carbocycles. The van der Waals surface area contributed by atoms with Crippen LogP contribution in [0.5, 0.6) is 0 Å². The van der Waals surface area contributed by atoms with Crippen LogP contribution >= 0.6 is 0 Å². The third-order valence-electron chi connectivity index (χ3n) is 5.31. The smallest absolute Gasteiger partial charge is 0.253 e. The minimum absolute atomic E-state index is 0.0422. The van der Waals surface area contributed by atoms with E-state index in [0.29, 0.717) is 49.7 Å². The first-order valence-corrected chi connectivity index (χ1v) is 9.98. The van der Waals surface area contributed by atoms with Gasteiger partial charge in [0.05, 0.1) is 31.5 Å². The van der Waals surface area contributed by atoms with Crippen LogP contribution in [-0.4, -0.2) is 34.7 Å². The van der Waals surface area contributed by atoms with E-state index in [1.807, 2.05) is 12.1 Å². The van der Waals surface area contributed by atoms with Crippen molar-refractivity contribution in [2.24, 2.45) is 5.92 Å². The summed E-state index contributed by atoms with van der Waals surface area (Å²) in [4.78, 5) is 29.5. The van der Waals surface area contributed by atoms with Crippen LogP contribution < -0.4 is 0 Å². The van der Waals surface area contributed by atoms with Gasteiger partial charge in [-0.1, -0.05) is 0 Å². The van der Waals surface area contributed by atoms with Crippen molar-refractivity contribution in [3.8, 4) is 0 Å². The van der Waals surface area contributed by atoms with Crippen LogP contribution in [0.25, 0.3) is 0 Å². The van der Waals surface area contributed by atoms with Gasteiger partial charge in [0.1, 0.15) is 17.3 Å². The maximum atomic E-state index is 13.4. The van der Waals surface area contributed by atoms with Gasteiger partial charge in [0.25, 0.3) is 5.91 Å². The molecule has 1 fully saturated rings. The molecule has 7 heteroatoms. The van der Waals surface area contributed by atoms with E-state index in [0.717, 1.165) is 6.42 Å². The molecule has 1 aliphatic heterocycles. The Morgan fingerprint density at radius 3 is 2.20 bits per heavy atom. The highest BCUT2D eigenvalue weighted by atomic mass is 19.1. The normalized spacial score (nSPS) is 16.4. The summed E-state index contributed by atoms with van der Waals surface area (Å²) in [7, 11) is 0. The molecule has 2 amide bonds. The molecule has 2 aromatic heterocycles. The number of benzene rings is 1. The molecule has 0 spiro atoms. The maximum absolute atomic E-state index is 13.4. The lowest BCUT2D eigenvalue weighted by atomic mass is 9.95. The molecule has 156 valence electrons. The molecule has 1 aliphatic rings. The molecule has 30 heavy (non-hydrogen) atoms. The molecule has 3 aromatic rings. The van der Waals surface area contributed by atoms with E-state index >= 15 is 0 Å². The van der Waals surface area contributed by atoms with E-state index in [1.54, 1.807) is 34.5 Å². The Balaban J connectivity index is 1.47.